The van der Waals surface area contributed by atoms with Crippen LogP contribution in [0.15, 0.2) is 11.6 Å². The largest absolute Gasteiger partial charge is 0.303 e. The first kappa shape index (κ1) is 11.0. The average Bonchev–Trinajstić information content (AvgIpc) is 1.93. The molecule has 0 N–H and O–H groups in total. The molecule has 1 aliphatic heterocycles. The highest BCUT2D eigenvalue weighted by molar-refractivity contribution is 6.29. The van der Waals surface area contributed by atoms with E-state index >= 15 is 0 Å². The molecule has 1 aliphatic rings. The van der Waals surface area contributed by atoms with E-state index in [1.54, 1.807) is 0 Å². The van der Waals surface area contributed by atoms with Crippen LogP contribution < -0.4 is 0 Å². The van der Waals surface area contributed by atoms with Gasteiger partial charge in [-0.2, -0.15) is 0 Å². The van der Waals surface area contributed by atoms with Gasteiger partial charge in [0.25, 0.3) is 0 Å². The molecule has 76 valence electrons. The van der Waals surface area contributed by atoms with Crippen molar-refractivity contribution in [2.45, 2.75) is 19.4 Å². The quantitative estimate of drug-likeness (QED) is 0.674. The molecular formula is C10H19ClN2. The Kier molecular flexibility index (Phi) is 3.38. The van der Waals surface area contributed by atoms with Crippen LogP contribution in [0.3, 0.4) is 0 Å². The van der Waals surface area contributed by atoms with E-state index in [-0.39, 0.29) is 5.54 Å². The van der Waals surface area contributed by atoms with Gasteiger partial charge >= 0.3 is 0 Å². The van der Waals surface area contributed by atoms with Gasteiger partial charge in [0, 0.05) is 36.8 Å². The van der Waals surface area contributed by atoms with Crippen LogP contribution in [-0.2, 0) is 0 Å². The lowest BCUT2D eigenvalue weighted by Crippen LogP contribution is -2.58. The van der Waals surface area contributed by atoms with Crippen LogP contribution >= 0.6 is 11.6 Å². The topological polar surface area (TPSA) is 6.48 Å². The second-order valence-electron chi connectivity index (χ2n) is 4.49. The van der Waals surface area contributed by atoms with Gasteiger partial charge in [-0.25, -0.2) is 0 Å². The molecule has 0 amide bonds. The van der Waals surface area contributed by atoms with Crippen molar-refractivity contribution in [2.24, 2.45) is 0 Å². The van der Waals surface area contributed by atoms with Gasteiger partial charge in [0.15, 0.2) is 0 Å². The second kappa shape index (κ2) is 3.99. The van der Waals surface area contributed by atoms with E-state index in [4.69, 9.17) is 11.6 Å². The molecule has 0 aromatic rings. The fourth-order valence-electron chi connectivity index (χ4n) is 1.93. The van der Waals surface area contributed by atoms with Crippen molar-refractivity contribution in [3.8, 4) is 0 Å². The summed E-state index contributed by atoms with van der Waals surface area (Å²) in [5.74, 6) is 0. The summed E-state index contributed by atoms with van der Waals surface area (Å²) in [5.41, 5.74) is 0.213. The number of nitrogens with zero attached hydrogens (tertiary/aromatic N) is 2. The fraction of sp³-hybridized carbons (Fsp3) is 0.800. The molecule has 0 aromatic carbocycles. The Morgan fingerprint density at radius 3 is 2.54 bits per heavy atom. The predicted molar refractivity (Wildman–Crippen MR) is 58.1 cm³/mol. The van der Waals surface area contributed by atoms with Gasteiger partial charge in [-0.15, -0.1) is 0 Å². The van der Waals surface area contributed by atoms with Crippen molar-refractivity contribution in [1.29, 1.82) is 0 Å². The zero-order valence-corrected chi connectivity index (χ0v) is 9.56. The van der Waals surface area contributed by atoms with Crippen LogP contribution in [0.25, 0.3) is 0 Å². The first-order chi connectivity index (χ1) is 5.92. The highest BCUT2D eigenvalue weighted by atomic mass is 35.5. The molecule has 3 heteroatoms. The van der Waals surface area contributed by atoms with Gasteiger partial charge in [0.2, 0.25) is 0 Å². The molecule has 13 heavy (non-hydrogen) atoms. The van der Waals surface area contributed by atoms with Crippen molar-refractivity contribution in [3.63, 3.8) is 0 Å². The van der Waals surface area contributed by atoms with Gasteiger partial charge < -0.3 is 4.90 Å². The molecule has 0 aromatic heterocycles. The molecule has 0 radical (unpaired) electrons. The molecule has 0 unspecified atom stereocenters. The van der Waals surface area contributed by atoms with Gasteiger partial charge in [-0.3, -0.25) is 4.90 Å². The number of hydrogen-bond donors (Lipinski definition) is 0. The molecule has 1 heterocycles. The molecule has 2 nitrogen and oxygen atoms in total. The average molecular weight is 203 g/mol. The minimum atomic E-state index is 0.213. The molecule has 1 saturated heterocycles. The Morgan fingerprint density at radius 1 is 1.46 bits per heavy atom. The molecule has 1 rings (SSSR count). The number of piperazine rings is 1. The Hall–Kier alpha value is -0.0500. The summed E-state index contributed by atoms with van der Waals surface area (Å²) in [7, 11) is 2.16. The molecular weight excluding hydrogens is 184 g/mol. The van der Waals surface area contributed by atoms with Crippen LogP contribution in [0.1, 0.15) is 13.8 Å². The van der Waals surface area contributed by atoms with Crippen LogP contribution in [0.5, 0.6) is 0 Å². The summed E-state index contributed by atoms with van der Waals surface area (Å²) in [6.07, 6.45) is 0. The van der Waals surface area contributed by atoms with E-state index in [1.807, 2.05) is 0 Å². The van der Waals surface area contributed by atoms with Crippen molar-refractivity contribution in [1.82, 2.24) is 9.80 Å². The summed E-state index contributed by atoms with van der Waals surface area (Å²) >= 11 is 5.83. The first-order valence-electron chi connectivity index (χ1n) is 4.69. The Morgan fingerprint density at radius 2 is 2.08 bits per heavy atom. The van der Waals surface area contributed by atoms with E-state index in [2.05, 4.69) is 37.3 Å². The maximum absolute atomic E-state index is 5.83. The number of rotatable bonds is 2. The monoisotopic (exact) mass is 202 g/mol. The van der Waals surface area contributed by atoms with Crippen LogP contribution in [-0.4, -0.2) is 48.6 Å². The summed E-state index contributed by atoms with van der Waals surface area (Å²) in [6.45, 7) is 12.3. The molecule has 0 spiro atoms. The lowest BCUT2D eigenvalue weighted by atomic mass is 9.99. The Labute approximate surface area is 86.2 Å². The number of likely N-dealkylation sites (N-methyl/N-ethyl adjacent to an activating group) is 1. The van der Waals surface area contributed by atoms with E-state index in [1.165, 1.54) is 0 Å². The molecule has 0 aliphatic carbocycles. The first-order valence-corrected chi connectivity index (χ1v) is 5.06. The smallest absolute Gasteiger partial charge is 0.0342 e. The summed E-state index contributed by atoms with van der Waals surface area (Å²) in [5, 5.41) is 0.734. The third kappa shape index (κ3) is 2.97. The maximum Gasteiger partial charge on any atom is 0.0342 e. The minimum Gasteiger partial charge on any atom is -0.303 e. The SMILES string of the molecule is C=C(Cl)CN1CCN(C)CC1(C)C. The van der Waals surface area contributed by atoms with Gasteiger partial charge in [0.1, 0.15) is 0 Å². The third-order valence-corrected chi connectivity index (χ3v) is 2.75. The highest BCUT2D eigenvalue weighted by Gasteiger charge is 2.31. The Bertz CT molecular complexity index is 201. The van der Waals surface area contributed by atoms with E-state index in [0.29, 0.717) is 0 Å². The van der Waals surface area contributed by atoms with Crippen LogP contribution in [0.4, 0.5) is 0 Å². The molecule has 0 bridgehead atoms. The van der Waals surface area contributed by atoms with E-state index < -0.39 is 0 Å². The standard InChI is InChI=1S/C10H19ClN2/c1-9(11)7-13-6-5-12(4)8-10(13,2)3/h1,5-8H2,2-4H3. The molecule has 0 atom stereocenters. The summed E-state index contributed by atoms with van der Waals surface area (Å²) in [4.78, 5) is 4.75. The van der Waals surface area contributed by atoms with Gasteiger partial charge in [-0.05, 0) is 20.9 Å². The second-order valence-corrected chi connectivity index (χ2v) is 5.02. The highest BCUT2D eigenvalue weighted by Crippen LogP contribution is 2.21. The van der Waals surface area contributed by atoms with Crippen molar-refractivity contribution in [2.75, 3.05) is 33.2 Å². The van der Waals surface area contributed by atoms with E-state index in [0.717, 1.165) is 31.2 Å². The minimum absolute atomic E-state index is 0.213. The third-order valence-electron chi connectivity index (χ3n) is 2.63. The van der Waals surface area contributed by atoms with Crippen LogP contribution in [0, 0.1) is 0 Å². The lowest BCUT2D eigenvalue weighted by molar-refractivity contribution is 0.0408. The molecule has 1 fully saturated rings. The number of halogens is 1. The summed E-state index contributed by atoms with van der Waals surface area (Å²) in [6, 6.07) is 0. The van der Waals surface area contributed by atoms with Crippen molar-refractivity contribution < 1.29 is 0 Å². The predicted octanol–water partition coefficient (Wildman–Crippen LogP) is 1.76. The van der Waals surface area contributed by atoms with Crippen molar-refractivity contribution in [3.05, 3.63) is 11.6 Å². The van der Waals surface area contributed by atoms with E-state index in [9.17, 15) is 0 Å². The maximum atomic E-state index is 5.83. The fourth-order valence-corrected chi connectivity index (χ4v) is 2.08. The number of hydrogen-bond acceptors (Lipinski definition) is 2. The zero-order chi connectivity index (χ0) is 10.1. The summed E-state index contributed by atoms with van der Waals surface area (Å²) < 4.78 is 0. The normalized spacial score (nSPS) is 24.6. The Balaban J connectivity index is 2.59. The molecule has 0 saturated carbocycles. The van der Waals surface area contributed by atoms with Gasteiger partial charge in [0.05, 0.1) is 0 Å². The zero-order valence-electron chi connectivity index (χ0n) is 8.81. The van der Waals surface area contributed by atoms with Crippen LogP contribution in [0.2, 0.25) is 0 Å². The van der Waals surface area contributed by atoms with Crippen molar-refractivity contribution >= 4 is 11.6 Å². The van der Waals surface area contributed by atoms with Gasteiger partial charge in [-0.1, -0.05) is 18.2 Å². The lowest BCUT2D eigenvalue weighted by Gasteiger charge is -2.46.